The Bertz CT molecular complexity index is 1260. The lowest BCUT2D eigenvalue weighted by atomic mass is 9.90. The van der Waals surface area contributed by atoms with Gasteiger partial charge in [0.05, 0.1) is 28.8 Å². The minimum absolute atomic E-state index is 0.141. The molecule has 1 amide bonds. The molecule has 1 aromatic heterocycles. The summed E-state index contributed by atoms with van der Waals surface area (Å²) in [6.07, 6.45) is 0. The van der Waals surface area contributed by atoms with E-state index in [-0.39, 0.29) is 5.91 Å². The highest BCUT2D eigenvalue weighted by atomic mass is 32.2. The quantitative estimate of drug-likeness (QED) is 0.488. The number of hydrogen-bond acceptors (Lipinski definition) is 3. The van der Waals surface area contributed by atoms with Crippen molar-refractivity contribution < 1.29 is 9.00 Å². The third-order valence-electron chi connectivity index (χ3n) is 5.78. The van der Waals surface area contributed by atoms with Crippen molar-refractivity contribution in [2.24, 2.45) is 0 Å². The molecule has 1 aliphatic heterocycles. The van der Waals surface area contributed by atoms with Gasteiger partial charge >= 0.3 is 0 Å². The summed E-state index contributed by atoms with van der Waals surface area (Å²) in [4.78, 5) is 13.7. The predicted octanol–water partition coefficient (Wildman–Crippen LogP) is 4.71. The van der Waals surface area contributed by atoms with E-state index in [4.69, 9.17) is 5.10 Å². The van der Waals surface area contributed by atoms with E-state index in [0.717, 1.165) is 33.6 Å². The lowest BCUT2D eigenvalue weighted by molar-refractivity contribution is -0.116. The first kappa shape index (κ1) is 20.4. The number of benzene rings is 3. The third kappa shape index (κ3) is 3.78. The van der Waals surface area contributed by atoms with Crippen molar-refractivity contribution in [2.45, 2.75) is 24.3 Å². The van der Waals surface area contributed by atoms with E-state index in [9.17, 15) is 9.00 Å². The number of fused-ring (bicyclic) bond motifs is 1. The Morgan fingerprint density at radius 1 is 0.906 bits per heavy atom. The number of aromatic nitrogens is 2. The average Bonchev–Trinajstić information content (AvgIpc) is 3.32. The minimum Gasteiger partial charge on any atom is -0.309 e. The van der Waals surface area contributed by atoms with Gasteiger partial charge in [0.15, 0.2) is 0 Å². The summed E-state index contributed by atoms with van der Waals surface area (Å²) < 4.78 is 14.0. The fourth-order valence-electron chi connectivity index (χ4n) is 4.21. The van der Waals surface area contributed by atoms with Crippen molar-refractivity contribution in [3.05, 3.63) is 113 Å². The van der Waals surface area contributed by atoms with Crippen molar-refractivity contribution >= 4 is 22.5 Å². The summed E-state index contributed by atoms with van der Waals surface area (Å²) in [5, 5.41) is 7.90. The van der Waals surface area contributed by atoms with Gasteiger partial charge in [-0.05, 0) is 29.7 Å². The van der Waals surface area contributed by atoms with Crippen LogP contribution in [0.25, 0.3) is 5.69 Å². The monoisotopic (exact) mass is 441 g/mol. The molecule has 4 aromatic rings. The van der Waals surface area contributed by atoms with Crippen molar-refractivity contribution in [2.75, 3.05) is 5.32 Å². The van der Waals surface area contributed by atoms with Crippen LogP contribution in [0.2, 0.25) is 0 Å². The van der Waals surface area contributed by atoms with Gasteiger partial charge in [0.2, 0.25) is 5.91 Å². The second kappa shape index (κ2) is 8.55. The molecular weight excluding hydrogens is 418 g/mol. The van der Waals surface area contributed by atoms with Gasteiger partial charge in [-0.25, -0.2) is 4.68 Å². The van der Waals surface area contributed by atoms with Crippen LogP contribution in [-0.2, 0) is 27.1 Å². The molecule has 0 bridgehead atoms. The second-order valence-electron chi connectivity index (χ2n) is 7.94. The molecule has 0 aliphatic carbocycles. The van der Waals surface area contributed by atoms with E-state index in [1.165, 1.54) is 0 Å². The van der Waals surface area contributed by atoms with Gasteiger partial charge < -0.3 is 5.32 Å². The van der Waals surface area contributed by atoms with Crippen LogP contribution in [0.5, 0.6) is 0 Å². The van der Waals surface area contributed by atoms with Crippen molar-refractivity contribution in [1.82, 2.24) is 9.78 Å². The molecule has 5 nitrogen and oxygen atoms in total. The number of amides is 1. The highest BCUT2D eigenvalue weighted by Gasteiger charge is 2.31. The molecule has 0 fully saturated rings. The summed E-state index contributed by atoms with van der Waals surface area (Å²) in [6, 6.07) is 27.5. The number of hydrogen-bond donors (Lipinski definition) is 1. The van der Waals surface area contributed by atoms with E-state index < -0.39 is 16.7 Å². The second-order valence-corrected chi connectivity index (χ2v) is 9.40. The molecule has 0 saturated heterocycles. The number of para-hydroxylation sites is 1. The van der Waals surface area contributed by atoms with Gasteiger partial charge in [0.1, 0.15) is 5.82 Å². The molecule has 1 N–H and O–H groups in total. The predicted molar refractivity (Wildman–Crippen MR) is 127 cm³/mol. The Labute approximate surface area is 189 Å². The number of anilines is 1. The molecule has 0 spiro atoms. The van der Waals surface area contributed by atoms with E-state index in [2.05, 4.69) is 5.32 Å². The highest BCUT2D eigenvalue weighted by molar-refractivity contribution is 7.83. The maximum atomic E-state index is 13.7. The molecule has 5 rings (SSSR count). The molecule has 2 heterocycles. The van der Waals surface area contributed by atoms with E-state index >= 15 is 0 Å². The van der Waals surface area contributed by atoms with Gasteiger partial charge in [0, 0.05) is 16.4 Å². The molecule has 0 unspecified atom stereocenters. The Balaban J connectivity index is 1.59. The zero-order chi connectivity index (χ0) is 22.1. The van der Waals surface area contributed by atoms with Crippen LogP contribution >= 0.6 is 0 Å². The fraction of sp³-hybridized carbons (Fsp3) is 0.154. The Morgan fingerprint density at radius 2 is 1.50 bits per heavy atom. The zero-order valence-electron chi connectivity index (χ0n) is 17.7. The Hall–Kier alpha value is -3.51. The van der Waals surface area contributed by atoms with Crippen LogP contribution in [0.3, 0.4) is 0 Å². The van der Waals surface area contributed by atoms with Crippen LogP contribution in [0.4, 0.5) is 5.82 Å². The number of aryl methyl sites for hydroxylation is 1. The van der Waals surface area contributed by atoms with Crippen LogP contribution in [0.1, 0.15) is 33.9 Å². The minimum atomic E-state index is -0.993. The first-order valence-electron chi connectivity index (χ1n) is 10.5. The Morgan fingerprint density at radius 3 is 2.12 bits per heavy atom. The third-order valence-corrected chi connectivity index (χ3v) is 6.99. The normalized spacial score (nSPS) is 15.0. The number of carbonyl (C=O) groups is 1. The van der Waals surface area contributed by atoms with Gasteiger partial charge in [-0.3, -0.25) is 9.00 Å². The average molecular weight is 442 g/mol. The SMILES string of the molecule is Cc1ccccc1-n1nc2c(c1NC(=O)C(c1ccccc1)c1ccccc1)C[S@](=O)C2. The maximum Gasteiger partial charge on any atom is 0.237 e. The van der Waals surface area contributed by atoms with Crippen molar-refractivity contribution in [1.29, 1.82) is 0 Å². The highest BCUT2D eigenvalue weighted by Crippen LogP contribution is 2.34. The smallest absolute Gasteiger partial charge is 0.237 e. The fourth-order valence-corrected chi connectivity index (χ4v) is 5.47. The van der Waals surface area contributed by atoms with Gasteiger partial charge in [-0.1, -0.05) is 78.9 Å². The summed E-state index contributed by atoms with van der Waals surface area (Å²) in [5.41, 5.74) is 5.43. The molecule has 3 aromatic carbocycles. The number of nitrogens with zero attached hydrogens (tertiary/aromatic N) is 2. The largest absolute Gasteiger partial charge is 0.309 e. The molecule has 0 saturated carbocycles. The number of rotatable bonds is 5. The number of carbonyl (C=O) groups excluding carboxylic acids is 1. The lowest BCUT2D eigenvalue weighted by Crippen LogP contribution is -2.24. The zero-order valence-corrected chi connectivity index (χ0v) is 18.5. The molecule has 1 aliphatic rings. The summed E-state index contributed by atoms with van der Waals surface area (Å²) in [6.45, 7) is 2.02. The topological polar surface area (TPSA) is 64.0 Å². The van der Waals surface area contributed by atoms with E-state index in [1.54, 1.807) is 4.68 Å². The van der Waals surface area contributed by atoms with Gasteiger partial charge in [-0.15, -0.1) is 0 Å². The lowest BCUT2D eigenvalue weighted by Gasteiger charge is -2.19. The van der Waals surface area contributed by atoms with Crippen molar-refractivity contribution in [3.8, 4) is 5.69 Å². The molecule has 32 heavy (non-hydrogen) atoms. The summed E-state index contributed by atoms with van der Waals surface area (Å²) in [7, 11) is -0.993. The van der Waals surface area contributed by atoms with E-state index in [1.807, 2.05) is 91.9 Å². The first-order chi connectivity index (χ1) is 15.6. The van der Waals surface area contributed by atoms with Crippen molar-refractivity contribution in [3.63, 3.8) is 0 Å². The molecule has 1 atom stereocenters. The molecule has 6 heteroatoms. The summed E-state index contributed by atoms with van der Waals surface area (Å²) in [5.74, 6) is 0.815. The van der Waals surface area contributed by atoms with Crippen LogP contribution < -0.4 is 5.32 Å². The number of nitrogens with one attached hydrogen (secondary N) is 1. The maximum absolute atomic E-state index is 13.7. The standard InChI is InChI=1S/C26H23N3O2S/c1-18-10-8-9-15-23(18)29-25(21-16-32(31)17-22(21)28-29)27-26(30)24(19-11-4-2-5-12-19)20-13-6-3-7-14-20/h2-15,24H,16-17H2,1H3,(H,27,30)/t32-/m0/s1. The van der Waals surface area contributed by atoms with E-state index in [0.29, 0.717) is 17.3 Å². The van der Waals surface area contributed by atoms with Gasteiger partial charge in [-0.2, -0.15) is 5.10 Å². The Kier molecular flexibility index (Phi) is 5.45. The molecule has 0 radical (unpaired) electrons. The van der Waals surface area contributed by atoms with Crippen LogP contribution in [0.15, 0.2) is 84.9 Å². The van der Waals surface area contributed by atoms with Crippen LogP contribution in [-0.4, -0.2) is 19.9 Å². The molecular formula is C26H23N3O2S. The first-order valence-corrected chi connectivity index (χ1v) is 12.0. The molecule has 160 valence electrons. The summed E-state index contributed by atoms with van der Waals surface area (Å²) >= 11 is 0. The van der Waals surface area contributed by atoms with Gasteiger partial charge in [0.25, 0.3) is 0 Å². The van der Waals surface area contributed by atoms with Crippen LogP contribution in [0, 0.1) is 6.92 Å².